The van der Waals surface area contributed by atoms with Gasteiger partial charge in [-0.1, -0.05) is 24.3 Å². The maximum absolute atomic E-state index is 12.6. The molecule has 0 aliphatic heterocycles. The highest BCUT2D eigenvalue weighted by Crippen LogP contribution is 2.30. The Morgan fingerprint density at radius 1 is 1.35 bits per heavy atom. The predicted molar refractivity (Wildman–Crippen MR) is 85.4 cm³/mol. The van der Waals surface area contributed by atoms with E-state index in [2.05, 4.69) is 26.9 Å². The third-order valence-corrected chi connectivity index (χ3v) is 4.95. The van der Waals surface area contributed by atoms with E-state index in [1.807, 2.05) is 29.6 Å². The molecule has 2 heterocycles. The smallest absolute Gasteiger partial charge is 0.263 e. The van der Waals surface area contributed by atoms with E-state index >= 15 is 0 Å². The highest BCUT2D eigenvalue weighted by atomic mass is 32.1. The van der Waals surface area contributed by atoms with Crippen LogP contribution in [0.4, 0.5) is 0 Å². The number of tetrazole rings is 1. The number of nitrogens with two attached hydrogens (primary N) is 1. The molecule has 7 nitrogen and oxygen atoms in total. The van der Waals surface area contributed by atoms with Gasteiger partial charge in [0.1, 0.15) is 11.2 Å². The van der Waals surface area contributed by atoms with Gasteiger partial charge < -0.3 is 11.1 Å². The zero-order valence-corrected chi connectivity index (χ0v) is 12.9. The van der Waals surface area contributed by atoms with Gasteiger partial charge in [-0.3, -0.25) is 4.79 Å². The first-order valence-corrected chi connectivity index (χ1v) is 8.07. The second-order valence-corrected chi connectivity index (χ2v) is 6.31. The highest BCUT2D eigenvalue weighted by molar-refractivity contribution is 7.12. The number of nitrogens with zero attached hydrogens (tertiary/aromatic N) is 4. The van der Waals surface area contributed by atoms with Crippen molar-refractivity contribution in [2.45, 2.75) is 18.5 Å². The van der Waals surface area contributed by atoms with E-state index in [0.29, 0.717) is 10.6 Å². The maximum Gasteiger partial charge on any atom is 0.263 e. The molecule has 0 spiro atoms. The highest BCUT2D eigenvalue weighted by Gasteiger charge is 2.31. The summed E-state index contributed by atoms with van der Waals surface area (Å²) in [6.45, 7) is 0. The van der Waals surface area contributed by atoms with Crippen molar-refractivity contribution in [1.29, 1.82) is 0 Å². The van der Waals surface area contributed by atoms with Crippen molar-refractivity contribution in [3.8, 4) is 5.69 Å². The maximum atomic E-state index is 12.6. The molecule has 0 saturated heterocycles. The molecule has 0 fully saturated rings. The van der Waals surface area contributed by atoms with Gasteiger partial charge in [-0.15, -0.1) is 16.4 Å². The summed E-state index contributed by atoms with van der Waals surface area (Å²) in [5.41, 5.74) is 9.24. The number of thiophene rings is 1. The van der Waals surface area contributed by atoms with Crippen LogP contribution in [0.1, 0.15) is 26.8 Å². The second-order valence-electron chi connectivity index (χ2n) is 5.40. The topological polar surface area (TPSA) is 98.7 Å². The normalized spacial score (nSPS) is 19.5. The van der Waals surface area contributed by atoms with E-state index in [0.717, 1.165) is 12.0 Å². The zero-order chi connectivity index (χ0) is 15.8. The Bertz CT molecular complexity index is 843. The Morgan fingerprint density at radius 3 is 3.00 bits per heavy atom. The van der Waals surface area contributed by atoms with Gasteiger partial charge in [0.2, 0.25) is 0 Å². The van der Waals surface area contributed by atoms with Crippen LogP contribution in [0.3, 0.4) is 0 Å². The zero-order valence-electron chi connectivity index (χ0n) is 12.1. The lowest BCUT2D eigenvalue weighted by Crippen LogP contribution is -2.40. The fourth-order valence-corrected chi connectivity index (χ4v) is 3.71. The Hall–Kier alpha value is -2.58. The summed E-state index contributed by atoms with van der Waals surface area (Å²) in [6.07, 6.45) is 2.21. The molecule has 3 aromatic rings. The second kappa shape index (κ2) is 5.56. The van der Waals surface area contributed by atoms with Gasteiger partial charge in [0.25, 0.3) is 5.91 Å². The van der Waals surface area contributed by atoms with Gasteiger partial charge in [0.15, 0.2) is 0 Å². The minimum atomic E-state index is -0.188. The summed E-state index contributed by atoms with van der Waals surface area (Å²) in [4.78, 5) is 13.2. The third-order valence-electron chi connectivity index (χ3n) is 4.05. The van der Waals surface area contributed by atoms with Crippen LogP contribution in [0.5, 0.6) is 0 Å². The van der Waals surface area contributed by atoms with Crippen LogP contribution in [-0.2, 0) is 6.42 Å². The number of benzene rings is 1. The van der Waals surface area contributed by atoms with Gasteiger partial charge in [-0.2, -0.15) is 4.68 Å². The average molecular weight is 326 g/mol. The number of hydrogen-bond acceptors (Lipinski definition) is 6. The van der Waals surface area contributed by atoms with E-state index < -0.39 is 0 Å². The lowest BCUT2D eigenvalue weighted by molar-refractivity contribution is 0.0937. The number of amides is 1. The Balaban J connectivity index is 1.55. The van der Waals surface area contributed by atoms with Crippen molar-refractivity contribution in [2.75, 3.05) is 0 Å². The minimum Gasteiger partial charge on any atom is -0.346 e. The van der Waals surface area contributed by atoms with Crippen molar-refractivity contribution < 1.29 is 4.79 Å². The van der Waals surface area contributed by atoms with Crippen molar-refractivity contribution in [1.82, 2.24) is 25.5 Å². The lowest BCUT2D eigenvalue weighted by Gasteiger charge is -2.17. The minimum absolute atomic E-state index is 0.108. The first-order valence-electron chi connectivity index (χ1n) is 7.19. The van der Waals surface area contributed by atoms with Crippen molar-refractivity contribution in [3.05, 3.63) is 58.0 Å². The first kappa shape index (κ1) is 14.0. The molecule has 8 heteroatoms. The predicted octanol–water partition coefficient (Wildman–Crippen LogP) is 1.08. The Morgan fingerprint density at radius 2 is 2.22 bits per heavy atom. The summed E-state index contributed by atoms with van der Waals surface area (Å²) in [7, 11) is 0. The van der Waals surface area contributed by atoms with Crippen molar-refractivity contribution in [2.24, 2.45) is 5.73 Å². The number of carbonyl (C=O) groups is 1. The number of nitrogens with one attached hydrogen (secondary N) is 1. The van der Waals surface area contributed by atoms with Gasteiger partial charge in [-0.25, -0.2) is 0 Å². The standard InChI is InChI=1S/C15H14N6OS/c16-13-10-4-2-1-3-9(10)7-11(13)18-15(22)14-12(5-6-23-14)21-8-17-19-20-21/h1-6,8,11,13H,7,16H2,(H,18,22)/t11-,13-/m1/s1. The Labute approximate surface area is 136 Å². The molecule has 1 aliphatic carbocycles. The molecule has 4 rings (SSSR count). The SMILES string of the molecule is N[C@@H]1c2ccccc2C[C@H]1NC(=O)c1sccc1-n1cnnn1. The average Bonchev–Trinajstić information content (AvgIpc) is 3.28. The molecule has 0 radical (unpaired) electrons. The van der Waals surface area contributed by atoms with E-state index in [-0.39, 0.29) is 18.0 Å². The molecule has 23 heavy (non-hydrogen) atoms. The molecule has 0 unspecified atom stereocenters. The van der Waals surface area contributed by atoms with Crippen LogP contribution >= 0.6 is 11.3 Å². The van der Waals surface area contributed by atoms with E-state index in [4.69, 9.17) is 5.73 Å². The van der Waals surface area contributed by atoms with Gasteiger partial charge in [0.05, 0.1) is 17.8 Å². The van der Waals surface area contributed by atoms with Crippen molar-refractivity contribution in [3.63, 3.8) is 0 Å². The van der Waals surface area contributed by atoms with E-state index in [1.54, 1.807) is 0 Å². The number of rotatable bonds is 3. The first-order chi connectivity index (χ1) is 11.2. The number of aromatic nitrogens is 4. The monoisotopic (exact) mass is 326 g/mol. The number of hydrogen-bond donors (Lipinski definition) is 2. The van der Waals surface area contributed by atoms with Crippen LogP contribution in [0.15, 0.2) is 42.0 Å². The lowest BCUT2D eigenvalue weighted by atomic mass is 10.1. The molecule has 2 atom stereocenters. The number of fused-ring (bicyclic) bond motifs is 1. The van der Waals surface area contributed by atoms with Crippen LogP contribution < -0.4 is 11.1 Å². The Kier molecular flexibility index (Phi) is 3.40. The molecule has 3 N–H and O–H groups in total. The van der Waals surface area contributed by atoms with Gasteiger partial charge in [0, 0.05) is 0 Å². The molecular weight excluding hydrogens is 312 g/mol. The van der Waals surface area contributed by atoms with Crippen LogP contribution in [0, 0.1) is 0 Å². The molecule has 1 amide bonds. The van der Waals surface area contributed by atoms with Crippen LogP contribution in [-0.4, -0.2) is 32.2 Å². The molecule has 0 bridgehead atoms. The van der Waals surface area contributed by atoms with Crippen molar-refractivity contribution >= 4 is 17.2 Å². The molecule has 2 aromatic heterocycles. The summed E-state index contributed by atoms with van der Waals surface area (Å²) < 4.78 is 1.48. The third kappa shape index (κ3) is 2.41. The van der Waals surface area contributed by atoms with E-state index in [1.165, 1.54) is 27.9 Å². The largest absolute Gasteiger partial charge is 0.346 e. The quantitative estimate of drug-likeness (QED) is 0.750. The molecule has 0 saturated carbocycles. The van der Waals surface area contributed by atoms with Gasteiger partial charge >= 0.3 is 0 Å². The summed E-state index contributed by atoms with van der Waals surface area (Å²) in [5, 5.41) is 15.9. The summed E-state index contributed by atoms with van der Waals surface area (Å²) in [6, 6.07) is 9.56. The van der Waals surface area contributed by atoms with Crippen LogP contribution in [0.2, 0.25) is 0 Å². The number of carbonyl (C=O) groups excluding carboxylic acids is 1. The molecule has 116 valence electrons. The fraction of sp³-hybridized carbons (Fsp3) is 0.200. The van der Waals surface area contributed by atoms with Crippen LogP contribution in [0.25, 0.3) is 5.69 Å². The molecule has 1 aromatic carbocycles. The summed E-state index contributed by atoms with van der Waals surface area (Å²) in [5.74, 6) is -0.154. The van der Waals surface area contributed by atoms with E-state index in [9.17, 15) is 4.79 Å². The molecular formula is C15H14N6OS. The molecule has 1 aliphatic rings. The van der Waals surface area contributed by atoms with Gasteiger partial charge in [-0.05, 0) is 39.4 Å². The summed E-state index contributed by atoms with van der Waals surface area (Å²) >= 11 is 1.36. The fourth-order valence-electron chi connectivity index (χ4n) is 2.93.